The number of rotatable bonds is 2. The molecule has 0 bridgehead atoms. The molecular formula is C6H7NO3S. The number of hydrogen-bond acceptors (Lipinski definition) is 5. The van der Waals surface area contributed by atoms with E-state index in [0.29, 0.717) is 5.01 Å². The van der Waals surface area contributed by atoms with Crippen LogP contribution in [0.5, 0.6) is 0 Å². The minimum Gasteiger partial charge on any atom is -0.464 e. The average molecular weight is 173 g/mol. The standard InChI is InChI=1S/C6H7NO3S/c1-10-6(9)4-3-11-5(2-8)7-4/h3,8H,2H2,1H3. The number of aromatic nitrogens is 1. The van der Waals surface area contributed by atoms with Gasteiger partial charge in [0.1, 0.15) is 5.01 Å². The fraction of sp³-hybridized carbons (Fsp3) is 0.333. The molecule has 60 valence electrons. The van der Waals surface area contributed by atoms with Gasteiger partial charge in [-0.2, -0.15) is 0 Å². The van der Waals surface area contributed by atoms with Crippen molar-refractivity contribution in [2.75, 3.05) is 7.11 Å². The Morgan fingerprint density at radius 1 is 1.91 bits per heavy atom. The molecule has 0 fully saturated rings. The Balaban J connectivity index is 2.80. The van der Waals surface area contributed by atoms with Crippen LogP contribution in [0.15, 0.2) is 5.38 Å². The van der Waals surface area contributed by atoms with Gasteiger partial charge in [-0.25, -0.2) is 9.78 Å². The van der Waals surface area contributed by atoms with Gasteiger partial charge in [0.05, 0.1) is 13.7 Å². The smallest absolute Gasteiger partial charge is 0.357 e. The first-order chi connectivity index (χ1) is 5.27. The van der Waals surface area contributed by atoms with Gasteiger partial charge in [0.2, 0.25) is 0 Å². The number of esters is 1. The van der Waals surface area contributed by atoms with Gasteiger partial charge in [-0.05, 0) is 0 Å². The Labute approximate surface area is 67.5 Å². The minimum absolute atomic E-state index is 0.137. The zero-order valence-electron chi connectivity index (χ0n) is 5.90. The third-order valence-corrected chi connectivity index (χ3v) is 1.92. The predicted molar refractivity (Wildman–Crippen MR) is 39.4 cm³/mol. The molecule has 1 aromatic heterocycles. The highest BCUT2D eigenvalue weighted by molar-refractivity contribution is 7.09. The van der Waals surface area contributed by atoms with Gasteiger partial charge in [-0.15, -0.1) is 11.3 Å². The predicted octanol–water partition coefficient (Wildman–Crippen LogP) is 0.422. The van der Waals surface area contributed by atoms with Crippen molar-refractivity contribution < 1.29 is 14.6 Å². The average Bonchev–Trinajstić information content (AvgIpc) is 2.50. The molecule has 0 aromatic carbocycles. The summed E-state index contributed by atoms with van der Waals surface area (Å²) in [5.41, 5.74) is 0.251. The quantitative estimate of drug-likeness (QED) is 0.658. The van der Waals surface area contributed by atoms with Crippen molar-refractivity contribution in [1.29, 1.82) is 0 Å². The first-order valence-electron chi connectivity index (χ1n) is 2.91. The van der Waals surface area contributed by atoms with Crippen LogP contribution >= 0.6 is 11.3 Å². The number of nitrogens with zero attached hydrogens (tertiary/aromatic N) is 1. The van der Waals surface area contributed by atoms with Gasteiger partial charge >= 0.3 is 5.97 Å². The number of aliphatic hydroxyl groups is 1. The number of aliphatic hydroxyl groups excluding tert-OH is 1. The van der Waals surface area contributed by atoms with Crippen LogP contribution in [0.25, 0.3) is 0 Å². The Bertz CT molecular complexity index is 258. The number of carbonyl (C=O) groups excluding carboxylic acids is 1. The lowest BCUT2D eigenvalue weighted by molar-refractivity contribution is 0.0594. The van der Waals surface area contributed by atoms with Crippen LogP contribution in [-0.2, 0) is 11.3 Å². The summed E-state index contributed by atoms with van der Waals surface area (Å²) >= 11 is 1.23. The summed E-state index contributed by atoms with van der Waals surface area (Å²) in [7, 11) is 1.29. The highest BCUT2D eigenvalue weighted by Gasteiger charge is 2.09. The van der Waals surface area contributed by atoms with Crippen LogP contribution in [0.4, 0.5) is 0 Å². The van der Waals surface area contributed by atoms with Gasteiger partial charge in [-0.3, -0.25) is 0 Å². The van der Waals surface area contributed by atoms with E-state index in [4.69, 9.17) is 5.11 Å². The largest absolute Gasteiger partial charge is 0.464 e. The molecule has 1 rings (SSSR count). The van der Waals surface area contributed by atoms with E-state index >= 15 is 0 Å². The van der Waals surface area contributed by atoms with Crippen molar-refractivity contribution in [1.82, 2.24) is 4.98 Å². The molecule has 0 saturated heterocycles. The fourth-order valence-electron chi connectivity index (χ4n) is 0.582. The molecule has 0 amide bonds. The monoisotopic (exact) mass is 173 g/mol. The number of ether oxygens (including phenoxy) is 1. The van der Waals surface area contributed by atoms with Crippen LogP contribution in [-0.4, -0.2) is 23.2 Å². The van der Waals surface area contributed by atoms with Gasteiger partial charge in [0.25, 0.3) is 0 Å². The summed E-state index contributed by atoms with van der Waals surface area (Å²) in [6.45, 7) is -0.137. The van der Waals surface area contributed by atoms with Crippen LogP contribution in [0.3, 0.4) is 0 Å². The molecule has 0 aliphatic carbocycles. The van der Waals surface area contributed by atoms with Crippen LogP contribution < -0.4 is 0 Å². The molecule has 0 aliphatic heterocycles. The van der Waals surface area contributed by atoms with E-state index in [0.717, 1.165) is 0 Å². The number of methoxy groups -OCH3 is 1. The lowest BCUT2D eigenvalue weighted by Gasteiger charge is -1.90. The SMILES string of the molecule is COC(=O)c1csc(CO)n1. The lowest BCUT2D eigenvalue weighted by atomic mass is 10.5. The first-order valence-corrected chi connectivity index (χ1v) is 3.79. The molecule has 0 spiro atoms. The van der Waals surface area contributed by atoms with Crippen LogP contribution in [0.1, 0.15) is 15.5 Å². The Morgan fingerprint density at radius 3 is 3.09 bits per heavy atom. The number of thiazole rings is 1. The van der Waals surface area contributed by atoms with Gasteiger partial charge in [0.15, 0.2) is 5.69 Å². The first kappa shape index (κ1) is 8.16. The molecule has 0 radical (unpaired) electrons. The third kappa shape index (κ3) is 1.75. The van der Waals surface area contributed by atoms with Crippen LogP contribution in [0.2, 0.25) is 0 Å². The van der Waals surface area contributed by atoms with Gasteiger partial charge < -0.3 is 9.84 Å². The van der Waals surface area contributed by atoms with E-state index in [1.807, 2.05) is 0 Å². The van der Waals surface area contributed by atoms with E-state index in [1.54, 1.807) is 5.38 Å². The van der Waals surface area contributed by atoms with Crippen LogP contribution in [0, 0.1) is 0 Å². The second kappa shape index (κ2) is 3.45. The molecule has 5 heteroatoms. The maximum atomic E-state index is 10.8. The lowest BCUT2D eigenvalue weighted by Crippen LogP contribution is -2.01. The molecule has 0 saturated carbocycles. The van der Waals surface area contributed by atoms with Crippen molar-refractivity contribution in [3.8, 4) is 0 Å². The zero-order chi connectivity index (χ0) is 8.27. The molecule has 1 heterocycles. The van der Waals surface area contributed by atoms with Crippen molar-refractivity contribution >= 4 is 17.3 Å². The normalized spacial score (nSPS) is 9.64. The third-order valence-electron chi connectivity index (χ3n) is 1.08. The maximum Gasteiger partial charge on any atom is 0.357 e. The van der Waals surface area contributed by atoms with E-state index in [9.17, 15) is 4.79 Å². The summed E-state index contributed by atoms with van der Waals surface area (Å²) in [6.07, 6.45) is 0. The second-order valence-electron chi connectivity index (χ2n) is 1.78. The highest BCUT2D eigenvalue weighted by Crippen LogP contribution is 2.09. The zero-order valence-corrected chi connectivity index (χ0v) is 6.72. The topological polar surface area (TPSA) is 59.4 Å². The number of hydrogen-bond donors (Lipinski definition) is 1. The van der Waals surface area contributed by atoms with Crippen molar-refractivity contribution in [2.45, 2.75) is 6.61 Å². The number of carbonyl (C=O) groups is 1. The minimum atomic E-state index is -0.471. The van der Waals surface area contributed by atoms with E-state index < -0.39 is 5.97 Å². The summed E-state index contributed by atoms with van der Waals surface area (Å²) in [4.78, 5) is 14.6. The Morgan fingerprint density at radius 2 is 2.64 bits per heavy atom. The summed E-state index contributed by atoms with van der Waals surface area (Å²) in [5, 5.41) is 10.7. The van der Waals surface area contributed by atoms with Crippen molar-refractivity contribution in [2.24, 2.45) is 0 Å². The van der Waals surface area contributed by atoms with Crippen molar-refractivity contribution in [3.05, 3.63) is 16.1 Å². The van der Waals surface area contributed by atoms with Gasteiger partial charge in [-0.1, -0.05) is 0 Å². The fourth-order valence-corrected chi connectivity index (χ4v) is 1.20. The van der Waals surface area contributed by atoms with E-state index in [1.165, 1.54) is 18.4 Å². The van der Waals surface area contributed by atoms with E-state index in [2.05, 4.69) is 9.72 Å². The molecule has 11 heavy (non-hydrogen) atoms. The molecule has 0 aliphatic rings. The van der Waals surface area contributed by atoms with Gasteiger partial charge in [0, 0.05) is 5.38 Å². The summed E-state index contributed by atoms with van der Waals surface area (Å²) < 4.78 is 4.42. The molecule has 4 nitrogen and oxygen atoms in total. The summed E-state index contributed by atoms with van der Waals surface area (Å²) in [6, 6.07) is 0. The molecule has 1 N–H and O–H groups in total. The highest BCUT2D eigenvalue weighted by atomic mass is 32.1. The summed E-state index contributed by atoms with van der Waals surface area (Å²) in [5.74, 6) is -0.471. The Kier molecular flexibility index (Phi) is 2.56. The second-order valence-corrected chi connectivity index (χ2v) is 2.72. The van der Waals surface area contributed by atoms with Crippen molar-refractivity contribution in [3.63, 3.8) is 0 Å². The molecule has 0 unspecified atom stereocenters. The Hall–Kier alpha value is -0.940. The molecule has 0 atom stereocenters. The molecule has 1 aromatic rings. The van der Waals surface area contributed by atoms with E-state index in [-0.39, 0.29) is 12.3 Å². The maximum absolute atomic E-state index is 10.8. The molecular weight excluding hydrogens is 166 g/mol.